The fraction of sp³-hybridized carbons (Fsp3) is 0.786. The molecular weight excluding hydrogens is 226 g/mol. The van der Waals surface area contributed by atoms with Crippen molar-refractivity contribution in [1.29, 1.82) is 0 Å². The number of aromatic nitrogens is 2. The molecule has 1 heterocycles. The van der Waals surface area contributed by atoms with Crippen LogP contribution in [0.3, 0.4) is 0 Å². The van der Waals surface area contributed by atoms with E-state index in [1.54, 1.807) is 0 Å². The molecule has 0 aromatic carbocycles. The van der Waals surface area contributed by atoms with Crippen LogP contribution in [0, 0.1) is 13.8 Å². The Morgan fingerprint density at radius 3 is 2.61 bits per heavy atom. The number of aliphatic hydroxyl groups is 1. The predicted octanol–water partition coefficient (Wildman–Crippen LogP) is 2.16. The van der Waals surface area contributed by atoms with Crippen molar-refractivity contribution in [3.63, 3.8) is 0 Å². The minimum Gasteiger partial charge on any atom is -0.396 e. The maximum atomic E-state index is 8.99. The van der Waals surface area contributed by atoms with Crippen LogP contribution >= 0.6 is 0 Å². The van der Waals surface area contributed by atoms with Gasteiger partial charge < -0.3 is 10.4 Å². The molecule has 1 unspecified atom stereocenters. The topological polar surface area (TPSA) is 50.1 Å². The molecule has 0 bridgehead atoms. The molecule has 1 rings (SSSR count). The van der Waals surface area contributed by atoms with E-state index in [1.165, 1.54) is 11.3 Å². The zero-order valence-corrected chi connectivity index (χ0v) is 12.2. The second-order valence-corrected chi connectivity index (χ2v) is 4.87. The van der Waals surface area contributed by atoms with Crippen LogP contribution in [-0.2, 0) is 13.1 Å². The molecule has 1 aromatic rings. The molecule has 0 aliphatic carbocycles. The van der Waals surface area contributed by atoms with Gasteiger partial charge in [-0.05, 0) is 33.1 Å². The first-order valence-corrected chi connectivity index (χ1v) is 7.01. The van der Waals surface area contributed by atoms with Crippen LogP contribution in [-0.4, -0.2) is 27.5 Å². The van der Waals surface area contributed by atoms with Crippen molar-refractivity contribution in [3.05, 3.63) is 17.0 Å². The van der Waals surface area contributed by atoms with E-state index in [-0.39, 0.29) is 6.61 Å². The third-order valence-electron chi connectivity index (χ3n) is 3.50. The Balaban J connectivity index is 2.66. The molecule has 4 heteroatoms. The summed E-state index contributed by atoms with van der Waals surface area (Å²) in [6, 6.07) is 0.392. The maximum Gasteiger partial charge on any atom is 0.0641 e. The average molecular weight is 253 g/mol. The number of rotatable bonds is 8. The lowest BCUT2D eigenvalue weighted by atomic mass is 10.1. The van der Waals surface area contributed by atoms with Crippen LogP contribution in [0.4, 0.5) is 0 Å². The summed E-state index contributed by atoms with van der Waals surface area (Å²) in [5, 5.41) is 17.1. The number of nitrogens with one attached hydrogen (secondary N) is 1. The number of nitrogens with zero attached hydrogens (tertiary/aromatic N) is 2. The summed E-state index contributed by atoms with van der Waals surface area (Å²) in [4.78, 5) is 0. The molecule has 0 amide bonds. The van der Waals surface area contributed by atoms with Crippen molar-refractivity contribution in [3.8, 4) is 0 Å². The minimum atomic E-state index is 0.249. The van der Waals surface area contributed by atoms with Gasteiger partial charge in [0.25, 0.3) is 0 Å². The van der Waals surface area contributed by atoms with E-state index < -0.39 is 0 Å². The number of hydrogen-bond acceptors (Lipinski definition) is 3. The van der Waals surface area contributed by atoms with Gasteiger partial charge in [-0.1, -0.05) is 13.8 Å². The maximum absolute atomic E-state index is 8.99. The highest BCUT2D eigenvalue weighted by Gasteiger charge is 2.12. The van der Waals surface area contributed by atoms with Gasteiger partial charge in [0, 0.05) is 37.0 Å². The van der Waals surface area contributed by atoms with E-state index in [4.69, 9.17) is 5.11 Å². The molecule has 1 atom stereocenters. The fourth-order valence-electron chi connectivity index (χ4n) is 2.27. The van der Waals surface area contributed by atoms with Crippen LogP contribution in [0.15, 0.2) is 0 Å². The first kappa shape index (κ1) is 15.2. The Labute approximate surface area is 110 Å². The van der Waals surface area contributed by atoms with E-state index in [9.17, 15) is 0 Å². The lowest BCUT2D eigenvalue weighted by molar-refractivity contribution is 0.262. The molecule has 0 fully saturated rings. The van der Waals surface area contributed by atoms with Crippen molar-refractivity contribution >= 4 is 0 Å². The Bertz CT molecular complexity index is 360. The summed E-state index contributed by atoms with van der Waals surface area (Å²) in [5.74, 6) is 0. The number of hydrogen-bond donors (Lipinski definition) is 2. The second kappa shape index (κ2) is 7.54. The lowest BCUT2D eigenvalue weighted by Gasteiger charge is -2.15. The Hall–Kier alpha value is -0.870. The second-order valence-electron chi connectivity index (χ2n) is 4.87. The Morgan fingerprint density at radius 2 is 2.06 bits per heavy atom. The third-order valence-corrected chi connectivity index (χ3v) is 3.50. The van der Waals surface area contributed by atoms with Crippen molar-refractivity contribution in [2.45, 2.75) is 66.1 Å². The van der Waals surface area contributed by atoms with Gasteiger partial charge in [0.15, 0.2) is 0 Å². The van der Waals surface area contributed by atoms with Gasteiger partial charge in [0.05, 0.1) is 5.69 Å². The van der Waals surface area contributed by atoms with Crippen molar-refractivity contribution < 1.29 is 5.11 Å². The Morgan fingerprint density at radius 1 is 1.33 bits per heavy atom. The van der Waals surface area contributed by atoms with Gasteiger partial charge in [-0.2, -0.15) is 5.10 Å². The minimum absolute atomic E-state index is 0.249. The molecular formula is C14H27N3O. The lowest BCUT2D eigenvalue weighted by Crippen LogP contribution is -2.29. The molecule has 2 N–H and O–H groups in total. The van der Waals surface area contributed by atoms with E-state index >= 15 is 0 Å². The first-order chi connectivity index (χ1) is 8.63. The average Bonchev–Trinajstić information content (AvgIpc) is 2.61. The third kappa shape index (κ3) is 3.82. The van der Waals surface area contributed by atoms with Crippen LogP contribution in [0.25, 0.3) is 0 Å². The summed E-state index contributed by atoms with van der Waals surface area (Å²) in [6.07, 6.45) is 2.97. The SMILES string of the molecule is CCCn1nc(C)c(CNC(CC)CCO)c1C. The molecule has 1 aromatic heterocycles. The molecule has 0 spiro atoms. The summed E-state index contributed by atoms with van der Waals surface area (Å²) in [7, 11) is 0. The van der Waals surface area contributed by atoms with E-state index in [0.717, 1.165) is 38.0 Å². The van der Waals surface area contributed by atoms with Gasteiger partial charge in [-0.25, -0.2) is 0 Å². The number of aryl methyl sites for hydroxylation is 2. The van der Waals surface area contributed by atoms with Gasteiger partial charge >= 0.3 is 0 Å². The first-order valence-electron chi connectivity index (χ1n) is 7.01. The summed E-state index contributed by atoms with van der Waals surface area (Å²) >= 11 is 0. The van der Waals surface area contributed by atoms with Crippen molar-refractivity contribution in [2.75, 3.05) is 6.61 Å². The molecule has 0 radical (unpaired) electrons. The fourth-order valence-corrected chi connectivity index (χ4v) is 2.27. The zero-order valence-electron chi connectivity index (χ0n) is 12.2. The predicted molar refractivity (Wildman–Crippen MR) is 74.6 cm³/mol. The van der Waals surface area contributed by atoms with Crippen molar-refractivity contribution in [2.24, 2.45) is 0 Å². The van der Waals surface area contributed by atoms with Crippen LogP contribution in [0.5, 0.6) is 0 Å². The highest BCUT2D eigenvalue weighted by Crippen LogP contribution is 2.14. The monoisotopic (exact) mass is 253 g/mol. The van der Waals surface area contributed by atoms with Crippen molar-refractivity contribution in [1.82, 2.24) is 15.1 Å². The summed E-state index contributed by atoms with van der Waals surface area (Å²) in [5.41, 5.74) is 3.69. The van der Waals surface area contributed by atoms with E-state index in [0.29, 0.717) is 6.04 Å². The molecule has 0 aliphatic rings. The quantitative estimate of drug-likeness (QED) is 0.746. The molecule has 0 saturated heterocycles. The molecule has 4 nitrogen and oxygen atoms in total. The summed E-state index contributed by atoms with van der Waals surface area (Å²) < 4.78 is 2.10. The van der Waals surface area contributed by atoms with Crippen LogP contribution in [0.1, 0.15) is 50.1 Å². The summed E-state index contributed by atoms with van der Waals surface area (Å²) in [6.45, 7) is 10.6. The molecule has 18 heavy (non-hydrogen) atoms. The van der Waals surface area contributed by atoms with Gasteiger partial charge in [-0.3, -0.25) is 4.68 Å². The highest BCUT2D eigenvalue weighted by atomic mass is 16.3. The molecule has 0 aliphatic heterocycles. The van der Waals surface area contributed by atoms with Crippen LogP contribution in [0.2, 0.25) is 0 Å². The van der Waals surface area contributed by atoms with Gasteiger partial charge in [0.2, 0.25) is 0 Å². The van der Waals surface area contributed by atoms with Gasteiger partial charge in [0.1, 0.15) is 0 Å². The number of aliphatic hydroxyl groups excluding tert-OH is 1. The molecule has 0 saturated carbocycles. The normalized spacial score (nSPS) is 12.9. The largest absolute Gasteiger partial charge is 0.396 e. The van der Waals surface area contributed by atoms with Crippen LogP contribution < -0.4 is 5.32 Å². The standard InChI is InChI=1S/C14H27N3O/c1-5-8-17-12(4)14(11(3)16-17)10-15-13(6-2)7-9-18/h13,15,18H,5-10H2,1-4H3. The zero-order chi connectivity index (χ0) is 13.5. The smallest absolute Gasteiger partial charge is 0.0641 e. The highest BCUT2D eigenvalue weighted by molar-refractivity contribution is 5.24. The Kier molecular flexibility index (Phi) is 6.36. The van der Waals surface area contributed by atoms with E-state index in [1.807, 2.05) is 0 Å². The van der Waals surface area contributed by atoms with Gasteiger partial charge in [-0.15, -0.1) is 0 Å². The van der Waals surface area contributed by atoms with E-state index in [2.05, 4.69) is 42.8 Å². The molecule has 104 valence electrons.